The second-order valence-corrected chi connectivity index (χ2v) is 5.01. The monoisotopic (exact) mass is 240 g/mol. The Morgan fingerprint density at radius 3 is 2.59 bits per heavy atom. The van der Waals surface area contributed by atoms with E-state index in [0.29, 0.717) is 24.5 Å². The highest BCUT2D eigenvalue weighted by molar-refractivity contribution is 5.76. The van der Waals surface area contributed by atoms with E-state index in [1.165, 1.54) is 12.8 Å². The zero-order valence-electron chi connectivity index (χ0n) is 10.8. The molecule has 4 heteroatoms. The van der Waals surface area contributed by atoms with Crippen molar-refractivity contribution >= 4 is 5.91 Å². The maximum atomic E-state index is 11.9. The average molecular weight is 240 g/mol. The van der Waals surface area contributed by atoms with Crippen LogP contribution in [-0.2, 0) is 9.53 Å². The molecule has 2 fully saturated rings. The minimum absolute atomic E-state index is 0.299. The molecule has 0 spiro atoms. The maximum Gasteiger partial charge on any atom is 0.223 e. The minimum atomic E-state index is 0.299. The number of nitrogens with one attached hydrogen (secondary N) is 1. The molecule has 0 atom stereocenters. The largest absolute Gasteiger partial charge is 0.378 e. The van der Waals surface area contributed by atoms with Gasteiger partial charge in [-0.15, -0.1) is 0 Å². The Morgan fingerprint density at radius 1 is 1.29 bits per heavy atom. The van der Waals surface area contributed by atoms with Gasteiger partial charge in [0, 0.05) is 38.7 Å². The van der Waals surface area contributed by atoms with Crippen LogP contribution in [0.15, 0.2) is 0 Å². The second-order valence-electron chi connectivity index (χ2n) is 5.01. The summed E-state index contributed by atoms with van der Waals surface area (Å²) in [5.41, 5.74) is 0. The fourth-order valence-corrected chi connectivity index (χ4v) is 2.34. The lowest BCUT2D eigenvalue weighted by Gasteiger charge is -2.31. The quantitative estimate of drug-likeness (QED) is 0.757. The number of likely N-dealkylation sites (tertiary alicyclic amines) is 1. The zero-order chi connectivity index (χ0) is 12.1. The van der Waals surface area contributed by atoms with Crippen LogP contribution in [-0.4, -0.2) is 49.2 Å². The molecule has 1 aliphatic carbocycles. The van der Waals surface area contributed by atoms with Crippen LogP contribution in [0.25, 0.3) is 0 Å². The Kier molecular flexibility index (Phi) is 4.80. The molecule has 1 saturated carbocycles. The van der Waals surface area contributed by atoms with Crippen LogP contribution in [0.1, 0.15) is 39.0 Å². The Balaban J connectivity index is 1.59. The van der Waals surface area contributed by atoms with Crippen LogP contribution in [0.2, 0.25) is 0 Å². The average Bonchev–Trinajstić information content (AvgIpc) is 3.14. The predicted molar refractivity (Wildman–Crippen MR) is 66.9 cm³/mol. The first-order valence-corrected chi connectivity index (χ1v) is 6.92. The van der Waals surface area contributed by atoms with Gasteiger partial charge < -0.3 is 15.0 Å². The van der Waals surface area contributed by atoms with Crippen molar-refractivity contribution in [1.29, 1.82) is 0 Å². The Morgan fingerprint density at radius 2 is 2.00 bits per heavy atom. The third-order valence-electron chi connectivity index (χ3n) is 3.55. The highest BCUT2D eigenvalue weighted by Gasteiger charge is 2.24. The van der Waals surface area contributed by atoms with E-state index in [9.17, 15) is 4.79 Å². The number of nitrogens with zero attached hydrogens (tertiary/aromatic N) is 1. The third-order valence-corrected chi connectivity index (χ3v) is 3.55. The summed E-state index contributed by atoms with van der Waals surface area (Å²) in [6.45, 7) is 5.39. The van der Waals surface area contributed by atoms with E-state index in [1.807, 2.05) is 11.8 Å². The highest BCUT2D eigenvalue weighted by Crippen LogP contribution is 2.18. The second kappa shape index (κ2) is 6.36. The van der Waals surface area contributed by atoms with Gasteiger partial charge in [0.05, 0.1) is 6.10 Å². The van der Waals surface area contributed by atoms with Crippen molar-refractivity contribution in [2.45, 2.75) is 51.2 Å². The van der Waals surface area contributed by atoms with Gasteiger partial charge in [0.25, 0.3) is 0 Å². The van der Waals surface area contributed by atoms with Crippen molar-refractivity contribution < 1.29 is 9.53 Å². The summed E-state index contributed by atoms with van der Waals surface area (Å²) in [6.07, 6.45) is 5.58. The van der Waals surface area contributed by atoms with Crippen molar-refractivity contribution in [3.63, 3.8) is 0 Å². The molecule has 0 bridgehead atoms. The first-order valence-electron chi connectivity index (χ1n) is 6.92. The van der Waals surface area contributed by atoms with Crippen molar-refractivity contribution in [1.82, 2.24) is 10.2 Å². The number of hydrogen-bond acceptors (Lipinski definition) is 3. The van der Waals surface area contributed by atoms with Gasteiger partial charge in [-0.05, 0) is 32.6 Å². The lowest BCUT2D eigenvalue weighted by molar-refractivity contribution is -0.133. The lowest BCUT2D eigenvalue weighted by Crippen LogP contribution is -2.41. The van der Waals surface area contributed by atoms with Crippen molar-refractivity contribution in [2.75, 3.05) is 26.2 Å². The van der Waals surface area contributed by atoms with Crippen molar-refractivity contribution in [2.24, 2.45) is 0 Å². The van der Waals surface area contributed by atoms with Crippen molar-refractivity contribution in [3.8, 4) is 0 Å². The van der Waals surface area contributed by atoms with Crippen molar-refractivity contribution in [3.05, 3.63) is 0 Å². The summed E-state index contributed by atoms with van der Waals surface area (Å²) in [4.78, 5) is 13.9. The van der Waals surface area contributed by atoms with E-state index >= 15 is 0 Å². The Hall–Kier alpha value is -0.610. The number of ether oxygens (including phenoxy) is 1. The van der Waals surface area contributed by atoms with Gasteiger partial charge >= 0.3 is 0 Å². The number of carbonyl (C=O) groups is 1. The first kappa shape index (κ1) is 12.8. The number of hydrogen-bond donors (Lipinski definition) is 1. The molecule has 1 N–H and O–H groups in total. The molecule has 17 heavy (non-hydrogen) atoms. The molecule has 1 saturated heterocycles. The van der Waals surface area contributed by atoms with Crippen LogP contribution in [0.3, 0.4) is 0 Å². The minimum Gasteiger partial charge on any atom is -0.378 e. The molecule has 0 aromatic heterocycles. The van der Waals surface area contributed by atoms with Gasteiger partial charge in [-0.1, -0.05) is 0 Å². The molecule has 1 amide bonds. The molecule has 98 valence electrons. The third kappa shape index (κ3) is 4.28. The molecule has 4 nitrogen and oxygen atoms in total. The Labute approximate surface area is 104 Å². The molecule has 0 aromatic carbocycles. The molecule has 0 unspecified atom stereocenters. The van der Waals surface area contributed by atoms with Crippen LogP contribution in [0.5, 0.6) is 0 Å². The van der Waals surface area contributed by atoms with E-state index in [4.69, 9.17) is 4.74 Å². The van der Waals surface area contributed by atoms with Gasteiger partial charge in [0.15, 0.2) is 0 Å². The van der Waals surface area contributed by atoms with Crippen LogP contribution < -0.4 is 5.32 Å². The van der Waals surface area contributed by atoms with Crippen LogP contribution >= 0.6 is 0 Å². The van der Waals surface area contributed by atoms with E-state index in [-0.39, 0.29) is 0 Å². The molecule has 2 aliphatic rings. The summed E-state index contributed by atoms with van der Waals surface area (Å²) in [6, 6.07) is 0.700. The molecule has 1 aliphatic heterocycles. The van der Waals surface area contributed by atoms with Gasteiger partial charge in [-0.25, -0.2) is 0 Å². The maximum absolute atomic E-state index is 11.9. The summed E-state index contributed by atoms with van der Waals surface area (Å²) >= 11 is 0. The lowest BCUT2D eigenvalue weighted by atomic mass is 10.1. The van der Waals surface area contributed by atoms with E-state index < -0.39 is 0 Å². The van der Waals surface area contributed by atoms with Gasteiger partial charge in [0.2, 0.25) is 5.91 Å². The number of carbonyl (C=O) groups excluding carboxylic acids is 1. The fourth-order valence-electron chi connectivity index (χ4n) is 2.34. The topological polar surface area (TPSA) is 41.6 Å². The van der Waals surface area contributed by atoms with E-state index in [1.54, 1.807) is 0 Å². The zero-order valence-corrected chi connectivity index (χ0v) is 10.8. The van der Waals surface area contributed by atoms with E-state index in [2.05, 4.69) is 5.32 Å². The van der Waals surface area contributed by atoms with Gasteiger partial charge in [-0.3, -0.25) is 4.79 Å². The summed E-state index contributed by atoms with van der Waals surface area (Å²) in [5, 5.41) is 3.38. The molecule has 1 heterocycles. The summed E-state index contributed by atoms with van der Waals surface area (Å²) in [5.74, 6) is 0.299. The molecule has 2 rings (SSSR count). The normalized spacial score (nSPS) is 21.8. The first-order chi connectivity index (χ1) is 8.29. The number of amides is 1. The summed E-state index contributed by atoms with van der Waals surface area (Å²) in [7, 11) is 0. The van der Waals surface area contributed by atoms with Crippen LogP contribution in [0.4, 0.5) is 0 Å². The van der Waals surface area contributed by atoms with Gasteiger partial charge in [0.1, 0.15) is 0 Å². The van der Waals surface area contributed by atoms with Gasteiger partial charge in [-0.2, -0.15) is 0 Å². The molecule has 0 radical (unpaired) electrons. The Bertz CT molecular complexity index is 246. The number of rotatable bonds is 6. The van der Waals surface area contributed by atoms with E-state index in [0.717, 1.165) is 39.1 Å². The standard InChI is InChI=1S/C13H24N2O2/c1-2-17-12-6-9-15(10-7-12)13(16)5-8-14-11-3-4-11/h11-12,14H,2-10H2,1H3. The molecular formula is C13H24N2O2. The fraction of sp³-hybridized carbons (Fsp3) is 0.923. The smallest absolute Gasteiger partial charge is 0.223 e. The summed E-state index contributed by atoms with van der Waals surface area (Å²) < 4.78 is 5.58. The van der Waals surface area contributed by atoms with Crippen LogP contribution in [0, 0.1) is 0 Å². The SMILES string of the molecule is CCOC1CCN(C(=O)CCNC2CC2)CC1. The molecular weight excluding hydrogens is 216 g/mol. The number of piperidine rings is 1. The predicted octanol–water partition coefficient (Wildman–Crippen LogP) is 1.16. The highest BCUT2D eigenvalue weighted by atomic mass is 16.5. The molecule has 0 aromatic rings.